The molecule has 3 nitrogen and oxygen atoms in total. The van der Waals surface area contributed by atoms with E-state index >= 15 is 0 Å². The summed E-state index contributed by atoms with van der Waals surface area (Å²) in [5.74, 6) is -2.35. The number of halogens is 6. The van der Waals surface area contributed by atoms with Crippen LogP contribution in [-0.4, -0.2) is 35.6 Å². The van der Waals surface area contributed by atoms with Crippen LogP contribution in [0.4, 0.5) is 26.3 Å². The van der Waals surface area contributed by atoms with Crippen molar-refractivity contribution in [1.29, 1.82) is 0 Å². The number of rotatable bonds is 4. The SMILES string of the molecule is CCCC(OC(=O)[C@H](O)C(F)(F)F)C(F)(F)F. The number of carbonyl (C=O) groups is 1. The first kappa shape index (κ1) is 16.0. The van der Waals surface area contributed by atoms with Gasteiger partial charge in [-0.05, 0) is 6.42 Å². The highest BCUT2D eigenvalue weighted by atomic mass is 19.4. The van der Waals surface area contributed by atoms with Crippen molar-refractivity contribution in [2.75, 3.05) is 0 Å². The number of aliphatic hydroxyl groups is 1. The van der Waals surface area contributed by atoms with Gasteiger partial charge in [0.25, 0.3) is 0 Å². The maximum atomic E-state index is 12.2. The molecule has 0 aromatic carbocycles. The van der Waals surface area contributed by atoms with Crippen molar-refractivity contribution >= 4 is 5.97 Å². The second-order valence-corrected chi connectivity index (χ2v) is 3.20. The molecule has 2 atom stereocenters. The van der Waals surface area contributed by atoms with Crippen LogP contribution >= 0.6 is 0 Å². The van der Waals surface area contributed by atoms with Crippen LogP contribution in [-0.2, 0) is 9.53 Å². The molecule has 0 aromatic rings. The first-order valence-electron chi connectivity index (χ1n) is 4.52. The van der Waals surface area contributed by atoms with Crippen molar-refractivity contribution in [2.45, 2.75) is 44.3 Å². The van der Waals surface area contributed by atoms with E-state index in [4.69, 9.17) is 5.11 Å². The quantitative estimate of drug-likeness (QED) is 0.628. The van der Waals surface area contributed by atoms with Crippen molar-refractivity contribution in [1.82, 2.24) is 0 Å². The molecule has 0 fully saturated rings. The summed E-state index contributed by atoms with van der Waals surface area (Å²) >= 11 is 0. The molecule has 0 aliphatic rings. The molecule has 0 rings (SSSR count). The number of alkyl halides is 6. The van der Waals surface area contributed by atoms with E-state index in [1.807, 2.05) is 0 Å². The Bertz CT molecular complexity index is 259. The summed E-state index contributed by atoms with van der Waals surface area (Å²) in [4.78, 5) is 10.6. The lowest BCUT2D eigenvalue weighted by molar-refractivity contribution is -0.247. The summed E-state index contributed by atoms with van der Waals surface area (Å²) < 4.78 is 75.6. The lowest BCUT2D eigenvalue weighted by Gasteiger charge is -2.22. The average molecular weight is 268 g/mol. The molecule has 0 aliphatic carbocycles. The summed E-state index contributed by atoms with van der Waals surface area (Å²) in [5.41, 5.74) is 0. The molecule has 0 saturated heterocycles. The van der Waals surface area contributed by atoms with Crippen LogP contribution < -0.4 is 0 Å². The summed E-state index contributed by atoms with van der Waals surface area (Å²) in [7, 11) is 0. The van der Waals surface area contributed by atoms with Gasteiger partial charge >= 0.3 is 18.3 Å². The molecule has 1 unspecified atom stereocenters. The van der Waals surface area contributed by atoms with Crippen LogP contribution in [0.15, 0.2) is 0 Å². The van der Waals surface area contributed by atoms with Crippen LogP contribution in [0.25, 0.3) is 0 Å². The normalized spacial score (nSPS) is 16.5. The number of esters is 1. The Kier molecular flexibility index (Phi) is 5.24. The molecule has 0 amide bonds. The molecule has 102 valence electrons. The van der Waals surface area contributed by atoms with E-state index in [1.165, 1.54) is 6.92 Å². The molecule has 0 spiro atoms. The molecule has 0 saturated carbocycles. The highest BCUT2D eigenvalue weighted by Gasteiger charge is 2.49. The van der Waals surface area contributed by atoms with Crippen molar-refractivity contribution in [2.24, 2.45) is 0 Å². The van der Waals surface area contributed by atoms with Crippen molar-refractivity contribution in [3.63, 3.8) is 0 Å². The van der Waals surface area contributed by atoms with Crippen LogP contribution in [0.5, 0.6) is 0 Å². The first-order chi connectivity index (χ1) is 7.50. The Hall–Kier alpha value is -0.990. The molecule has 9 heteroatoms. The van der Waals surface area contributed by atoms with Gasteiger partial charge in [0.05, 0.1) is 0 Å². The Labute approximate surface area is 92.4 Å². The zero-order valence-corrected chi connectivity index (χ0v) is 8.60. The number of aliphatic hydroxyl groups excluding tert-OH is 1. The largest absolute Gasteiger partial charge is 0.451 e. The van der Waals surface area contributed by atoms with Crippen LogP contribution in [0.2, 0.25) is 0 Å². The van der Waals surface area contributed by atoms with E-state index in [1.54, 1.807) is 0 Å². The van der Waals surface area contributed by atoms with Crippen molar-refractivity contribution in [3.05, 3.63) is 0 Å². The van der Waals surface area contributed by atoms with Gasteiger partial charge in [-0.25, -0.2) is 4.79 Å². The van der Waals surface area contributed by atoms with Gasteiger partial charge in [-0.2, -0.15) is 26.3 Å². The Morgan fingerprint density at radius 3 is 1.94 bits per heavy atom. The fourth-order valence-corrected chi connectivity index (χ4v) is 0.890. The smallest absolute Gasteiger partial charge is 0.425 e. The van der Waals surface area contributed by atoms with Gasteiger partial charge in [0, 0.05) is 0 Å². The molecular formula is C8H10F6O3. The first-order valence-corrected chi connectivity index (χ1v) is 4.52. The fraction of sp³-hybridized carbons (Fsp3) is 0.875. The average Bonchev–Trinajstić information content (AvgIpc) is 2.12. The van der Waals surface area contributed by atoms with E-state index in [9.17, 15) is 31.1 Å². The van der Waals surface area contributed by atoms with Crippen LogP contribution in [0.3, 0.4) is 0 Å². The highest BCUT2D eigenvalue weighted by molar-refractivity contribution is 5.75. The predicted molar refractivity (Wildman–Crippen MR) is 42.9 cm³/mol. The van der Waals surface area contributed by atoms with Crippen LogP contribution in [0, 0.1) is 0 Å². The lowest BCUT2D eigenvalue weighted by Crippen LogP contribution is -2.42. The number of hydrogen-bond donors (Lipinski definition) is 1. The van der Waals surface area contributed by atoms with E-state index in [-0.39, 0.29) is 6.42 Å². The van der Waals surface area contributed by atoms with Gasteiger partial charge in [-0.3, -0.25) is 0 Å². The van der Waals surface area contributed by atoms with Gasteiger partial charge in [0.15, 0.2) is 6.10 Å². The fourth-order valence-electron chi connectivity index (χ4n) is 0.890. The standard InChI is InChI=1S/C8H10F6O3/c1-2-3-4(7(9,10)11)17-6(16)5(15)8(12,13)14/h4-5,15H,2-3H2,1H3/t4?,5-/m0/s1. The minimum Gasteiger partial charge on any atom is -0.451 e. The van der Waals surface area contributed by atoms with E-state index < -0.39 is 37.0 Å². The van der Waals surface area contributed by atoms with E-state index in [2.05, 4.69) is 4.74 Å². The topological polar surface area (TPSA) is 46.5 Å². The monoisotopic (exact) mass is 268 g/mol. The third kappa shape index (κ3) is 5.24. The Balaban J connectivity index is 4.63. The molecular weight excluding hydrogens is 258 g/mol. The second-order valence-electron chi connectivity index (χ2n) is 3.20. The maximum absolute atomic E-state index is 12.2. The zero-order valence-electron chi connectivity index (χ0n) is 8.60. The summed E-state index contributed by atoms with van der Waals surface area (Å²) in [6, 6.07) is 0. The minimum absolute atomic E-state index is 0.0421. The zero-order chi connectivity index (χ0) is 13.9. The van der Waals surface area contributed by atoms with Gasteiger partial charge in [0.1, 0.15) is 0 Å². The predicted octanol–water partition coefficient (Wildman–Crippen LogP) is 2.18. The maximum Gasteiger partial charge on any atom is 0.425 e. The lowest BCUT2D eigenvalue weighted by atomic mass is 10.2. The van der Waals surface area contributed by atoms with Gasteiger partial charge < -0.3 is 9.84 Å². The van der Waals surface area contributed by atoms with Gasteiger partial charge in [-0.1, -0.05) is 13.3 Å². The summed E-state index contributed by atoms with van der Waals surface area (Å²) in [5, 5.41) is 8.37. The number of ether oxygens (including phenoxy) is 1. The van der Waals surface area contributed by atoms with E-state index in [0.29, 0.717) is 0 Å². The Morgan fingerprint density at radius 2 is 1.65 bits per heavy atom. The third-order valence-electron chi connectivity index (χ3n) is 1.71. The minimum atomic E-state index is -5.35. The van der Waals surface area contributed by atoms with Crippen molar-refractivity contribution < 1.29 is 41.0 Å². The van der Waals surface area contributed by atoms with Crippen molar-refractivity contribution in [3.8, 4) is 0 Å². The summed E-state index contributed by atoms with van der Waals surface area (Å²) in [6.45, 7) is 1.34. The van der Waals surface area contributed by atoms with Gasteiger partial charge in [0.2, 0.25) is 6.10 Å². The molecule has 1 N–H and O–H groups in total. The summed E-state index contributed by atoms with van der Waals surface area (Å²) in [6.07, 6.45) is -17.2. The molecule has 0 aromatic heterocycles. The number of hydrogen-bond acceptors (Lipinski definition) is 3. The molecule has 0 radical (unpaired) electrons. The second kappa shape index (κ2) is 5.56. The highest BCUT2D eigenvalue weighted by Crippen LogP contribution is 2.28. The molecule has 0 bridgehead atoms. The van der Waals surface area contributed by atoms with E-state index in [0.717, 1.165) is 0 Å². The molecule has 17 heavy (non-hydrogen) atoms. The molecule has 0 heterocycles. The van der Waals surface area contributed by atoms with Gasteiger partial charge in [-0.15, -0.1) is 0 Å². The molecule has 0 aliphatic heterocycles. The third-order valence-corrected chi connectivity index (χ3v) is 1.71. The van der Waals surface area contributed by atoms with Crippen LogP contribution in [0.1, 0.15) is 19.8 Å². The number of carbonyl (C=O) groups excluding carboxylic acids is 1. The Morgan fingerprint density at radius 1 is 1.18 bits per heavy atom.